The summed E-state index contributed by atoms with van der Waals surface area (Å²) in [5.41, 5.74) is 1.40. The van der Waals surface area contributed by atoms with E-state index in [-0.39, 0.29) is 17.7 Å². The molecule has 0 radical (unpaired) electrons. The van der Waals surface area contributed by atoms with Gasteiger partial charge >= 0.3 is 0 Å². The highest BCUT2D eigenvalue weighted by Gasteiger charge is 2.29. The van der Waals surface area contributed by atoms with Gasteiger partial charge in [-0.15, -0.1) is 11.3 Å². The molecule has 1 fully saturated rings. The first-order valence-electron chi connectivity index (χ1n) is 8.67. The summed E-state index contributed by atoms with van der Waals surface area (Å²) in [5.74, 6) is -0.0107. The van der Waals surface area contributed by atoms with Gasteiger partial charge in [0.25, 0.3) is 0 Å². The highest BCUT2D eigenvalue weighted by molar-refractivity contribution is 7.20. The molecule has 1 aliphatic rings. The van der Waals surface area contributed by atoms with Crippen LogP contribution in [0.15, 0.2) is 54.6 Å². The third kappa shape index (κ3) is 4.21. The second-order valence-electron chi connectivity index (χ2n) is 6.44. The van der Waals surface area contributed by atoms with E-state index in [2.05, 4.69) is 10.6 Å². The molecule has 1 heterocycles. The fourth-order valence-electron chi connectivity index (χ4n) is 2.70. The number of hydrogen-bond acceptors (Lipinski definition) is 3. The monoisotopic (exact) mass is 396 g/mol. The molecule has 2 aromatic carbocycles. The summed E-state index contributed by atoms with van der Waals surface area (Å²) in [7, 11) is 0. The Morgan fingerprint density at radius 3 is 2.33 bits per heavy atom. The van der Waals surface area contributed by atoms with E-state index in [4.69, 9.17) is 11.6 Å². The summed E-state index contributed by atoms with van der Waals surface area (Å²) in [6.45, 7) is 0. The first-order valence-corrected chi connectivity index (χ1v) is 9.86. The predicted molar refractivity (Wildman–Crippen MR) is 112 cm³/mol. The zero-order chi connectivity index (χ0) is 18.8. The van der Waals surface area contributed by atoms with Gasteiger partial charge in [-0.25, -0.2) is 0 Å². The van der Waals surface area contributed by atoms with Crippen molar-refractivity contribution in [2.75, 3.05) is 10.6 Å². The van der Waals surface area contributed by atoms with E-state index in [9.17, 15) is 9.59 Å². The molecule has 4 rings (SSSR count). The van der Waals surface area contributed by atoms with Crippen LogP contribution in [0.4, 0.5) is 11.4 Å². The van der Waals surface area contributed by atoms with E-state index in [1.165, 1.54) is 6.08 Å². The Hall–Kier alpha value is -2.63. The molecule has 0 spiro atoms. The van der Waals surface area contributed by atoms with Gasteiger partial charge < -0.3 is 10.6 Å². The minimum atomic E-state index is -0.238. The maximum atomic E-state index is 12.2. The summed E-state index contributed by atoms with van der Waals surface area (Å²) in [5, 5.41) is 7.33. The average Bonchev–Trinajstić information content (AvgIpc) is 3.47. The summed E-state index contributed by atoms with van der Waals surface area (Å²) in [6.07, 6.45) is 5.14. The van der Waals surface area contributed by atoms with Crippen LogP contribution in [0.1, 0.15) is 17.7 Å². The maximum absolute atomic E-state index is 12.2. The van der Waals surface area contributed by atoms with Gasteiger partial charge in [0, 0.05) is 38.3 Å². The van der Waals surface area contributed by atoms with E-state index in [1.807, 2.05) is 24.3 Å². The molecule has 0 atom stereocenters. The lowest BCUT2D eigenvalue weighted by Crippen LogP contribution is -2.13. The lowest BCUT2D eigenvalue weighted by molar-refractivity contribution is -0.117. The van der Waals surface area contributed by atoms with Gasteiger partial charge in [0.2, 0.25) is 11.8 Å². The van der Waals surface area contributed by atoms with Crippen molar-refractivity contribution in [3.8, 4) is 0 Å². The number of amides is 2. The van der Waals surface area contributed by atoms with Crippen molar-refractivity contribution in [1.82, 2.24) is 0 Å². The van der Waals surface area contributed by atoms with Crippen LogP contribution in [-0.4, -0.2) is 11.8 Å². The number of hydrogen-bond donors (Lipinski definition) is 2. The quantitative estimate of drug-likeness (QED) is 0.555. The molecule has 2 amide bonds. The van der Waals surface area contributed by atoms with Crippen molar-refractivity contribution in [2.24, 2.45) is 5.92 Å². The lowest BCUT2D eigenvalue weighted by Gasteiger charge is -2.06. The predicted octanol–water partition coefficient (Wildman–Crippen LogP) is 5.56. The molecule has 3 aromatic rings. The van der Waals surface area contributed by atoms with E-state index >= 15 is 0 Å². The number of carbonyl (C=O) groups is 2. The molecule has 0 saturated heterocycles. The Kier molecular flexibility index (Phi) is 4.97. The number of carbonyl (C=O) groups excluding carboxylic acids is 2. The SMILES string of the molecule is O=C(/C=C/c1sc2ccccc2c1Cl)Nc1ccc(NC(=O)C2CC2)cc1. The van der Waals surface area contributed by atoms with Crippen LogP contribution in [0, 0.1) is 5.92 Å². The van der Waals surface area contributed by atoms with E-state index in [0.717, 1.165) is 33.5 Å². The molecular weight excluding hydrogens is 380 g/mol. The van der Waals surface area contributed by atoms with Crippen molar-refractivity contribution >= 4 is 62.3 Å². The number of thiophene rings is 1. The van der Waals surface area contributed by atoms with E-state index in [1.54, 1.807) is 41.7 Å². The molecule has 0 unspecified atom stereocenters. The highest BCUT2D eigenvalue weighted by Crippen LogP contribution is 2.36. The highest BCUT2D eigenvalue weighted by atomic mass is 35.5. The van der Waals surface area contributed by atoms with Crippen LogP contribution in [0.5, 0.6) is 0 Å². The Morgan fingerprint density at radius 2 is 1.67 bits per heavy atom. The van der Waals surface area contributed by atoms with Crippen LogP contribution < -0.4 is 10.6 Å². The minimum Gasteiger partial charge on any atom is -0.326 e. The zero-order valence-electron chi connectivity index (χ0n) is 14.4. The Bertz CT molecular complexity index is 1040. The molecule has 136 valence electrons. The Balaban J connectivity index is 1.38. The number of benzene rings is 2. The second kappa shape index (κ2) is 7.55. The summed E-state index contributed by atoms with van der Waals surface area (Å²) < 4.78 is 1.09. The first-order chi connectivity index (χ1) is 13.1. The normalized spacial score (nSPS) is 13.8. The molecule has 6 heteroatoms. The Morgan fingerprint density at radius 1 is 1.00 bits per heavy atom. The largest absolute Gasteiger partial charge is 0.326 e. The number of nitrogens with one attached hydrogen (secondary N) is 2. The van der Waals surface area contributed by atoms with Gasteiger partial charge in [-0.1, -0.05) is 29.8 Å². The number of fused-ring (bicyclic) bond motifs is 1. The molecule has 0 bridgehead atoms. The molecule has 1 aliphatic carbocycles. The Labute approximate surface area is 165 Å². The van der Waals surface area contributed by atoms with Gasteiger partial charge in [0.05, 0.1) is 5.02 Å². The molecule has 4 nitrogen and oxygen atoms in total. The van der Waals surface area contributed by atoms with Crippen molar-refractivity contribution in [2.45, 2.75) is 12.8 Å². The standard InChI is InChI=1S/C21H17ClN2O2S/c22-20-16-3-1-2-4-17(16)27-18(20)11-12-19(25)23-14-7-9-15(10-8-14)24-21(26)13-5-6-13/h1-4,7-13H,5-6H2,(H,23,25)(H,24,26)/b12-11+. The smallest absolute Gasteiger partial charge is 0.248 e. The van der Waals surface area contributed by atoms with Crippen LogP contribution in [0.25, 0.3) is 16.2 Å². The second-order valence-corrected chi connectivity index (χ2v) is 7.90. The third-order valence-electron chi connectivity index (χ3n) is 4.31. The first kappa shape index (κ1) is 17.8. The fourth-order valence-corrected chi connectivity index (χ4v) is 4.10. The number of rotatable bonds is 5. The van der Waals surface area contributed by atoms with Crippen LogP contribution in [-0.2, 0) is 9.59 Å². The lowest BCUT2D eigenvalue weighted by atomic mass is 10.2. The van der Waals surface area contributed by atoms with Crippen LogP contribution >= 0.6 is 22.9 Å². The van der Waals surface area contributed by atoms with E-state index < -0.39 is 0 Å². The summed E-state index contributed by atoms with van der Waals surface area (Å²) in [4.78, 5) is 24.8. The molecule has 1 saturated carbocycles. The van der Waals surface area contributed by atoms with Gasteiger partial charge in [0.1, 0.15) is 0 Å². The van der Waals surface area contributed by atoms with Crippen molar-refractivity contribution in [3.63, 3.8) is 0 Å². The molecule has 0 aliphatic heterocycles. The molecule has 1 aromatic heterocycles. The van der Waals surface area contributed by atoms with Crippen molar-refractivity contribution < 1.29 is 9.59 Å². The molecule has 2 N–H and O–H groups in total. The minimum absolute atomic E-state index is 0.0648. The number of halogens is 1. The van der Waals surface area contributed by atoms with Crippen LogP contribution in [0.2, 0.25) is 5.02 Å². The zero-order valence-corrected chi connectivity index (χ0v) is 15.9. The van der Waals surface area contributed by atoms with Crippen molar-refractivity contribution in [1.29, 1.82) is 0 Å². The maximum Gasteiger partial charge on any atom is 0.248 e. The van der Waals surface area contributed by atoms with Crippen molar-refractivity contribution in [3.05, 3.63) is 64.5 Å². The third-order valence-corrected chi connectivity index (χ3v) is 5.97. The average molecular weight is 397 g/mol. The van der Waals surface area contributed by atoms with Gasteiger partial charge in [-0.3, -0.25) is 9.59 Å². The fraction of sp³-hybridized carbons (Fsp3) is 0.143. The molecule has 27 heavy (non-hydrogen) atoms. The van der Waals surface area contributed by atoms with Gasteiger partial charge in [0.15, 0.2) is 0 Å². The molecular formula is C21H17ClN2O2S. The summed E-state index contributed by atoms with van der Waals surface area (Å²) in [6, 6.07) is 15.0. The van der Waals surface area contributed by atoms with Gasteiger partial charge in [-0.2, -0.15) is 0 Å². The van der Waals surface area contributed by atoms with E-state index in [0.29, 0.717) is 10.7 Å². The van der Waals surface area contributed by atoms with Crippen LogP contribution in [0.3, 0.4) is 0 Å². The summed E-state index contributed by atoms with van der Waals surface area (Å²) >= 11 is 7.93. The van der Waals surface area contributed by atoms with Gasteiger partial charge in [-0.05, 0) is 49.2 Å². The topological polar surface area (TPSA) is 58.2 Å². The number of anilines is 2.